The minimum atomic E-state index is -3.33. The van der Waals surface area contributed by atoms with Crippen LogP contribution in [-0.4, -0.2) is 34.6 Å². The Balaban J connectivity index is 1.53. The van der Waals surface area contributed by atoms with Gasteiger partial charge in [0.2, 0.25) is 16.0 Å². The van der Waals surface area contributed by atoms with Gasteiger partial charge in [0.15, 0.2) is 0 Å². The van der Waals surface area contributed by atoms with E-state index in [-0.39, 0.29) is 5.69 Å². The fraction of sp³-hybridized carbons (Fsp3) is 0.105. The van der Waals surface area contributed by atoms with Gasteiger partial charge in [-0.3, -0.25) is 4.72 Å². The summed E-state index contributed by atoms with van der Waals surface area (Å²) < 4.78 is 25.0. The number of aromatic amines is 2. The predicted molar refractivity (Wildman–Crippen MR) is 117 cm³/mol. The van der Waals surface area contributed by atoms with Gasteiger partial charge in [-0.2, -0.15) is 4.98 Å². The van der Waals surface area contributed by atoms with Gasteiger partial charge in [-0.05, 0) is 49.4 Å². The van der Waals surface area contributed by atoms with Crippen molar-refractivity contribution in [1.29, 1.82) is 0 Å². The van der Waals surface area contributed by atoms with Crippen LogP contribution in [0.15, 0.2) is 53.5 Å². The molecule has 30 heavy (non-hydrogen) atoms. The topological polar surface area (TPSA) is 145 Å². The molecule has 0 aliphatic rings. The van der Waals surface area contributed by atoms with Gasteiger partial charge in [-0.15, -0.1) is 0 Å². The van der Waals surface area contributed by atoms with Crippen molar-refractivity contribution in [2.75, 3.05) is 21.6 Å². The number of imidazole rings is 1. The van der Waals surface area contributed by atoms with Gasteiger partial charge in [-0.1, -0.05) is 0 Å². The molecule has 2 aromatic carbocycles. The minimum absolute atomic E-state index is 0.260. The van der Waals surface area contributed by atoms with Gasteiger partial charge in [0.25, 0.3) is 0 Å². The summed E-state index contributed by atoms with van der Waals surface area (Å²) in [6, 6.07) is 12.2. The second kappa shape index (κ2) is 7.52. The van der Waals surface area contributed by atoms with Crippen LogP contribution < -0.4 is 21.0 Å². The Morgan fingerprint density at radius 2 is 1.57 bits per heavy atom. The number of sulfonamides is 1. The van der Waals surface area contributed by atoms with E-state index in [9.17, 15) is 13.2 Å². The van der Waals surface area contributed by atoms with E-state index in [1.54, 1.807) is 36.5 Å². The monoisotopic (exact) mass is 425 g/mol. The molecule has 0 fully saturated rings. The highest BCUT2D eigenvalue weighted by Gasteiger charge is 2.07. The molecule has 0 radical (unpaired) electrons. The van der Waals surface area contributed by atoms with Crippen LogP contribution >= 0.6 is 0 Å². The summed E-state index contributed by atoms with van der Waals surface area (Å²) in [6.07, 6.45) is 2.78. The van der Waals surface area contributed by atoms with Crippen LogP contribution in [0.3, 0.4) is 0 Å². The minimum Gasteiger partial charge on any atom is -0.340 e. The lowest BCUT2D eigenvalue weighted by Gasteiger charge is -2.11. The van der Waals surface area contributed by atoms with Crippen LogP contribution in [0.4, 0.5) is 28.8 Å². The molecule has 5 N–H and O–H groups in total. The summed E-state index contributed by atoms with van der Waals surface area (Å²) >= 11 is 0. The zero-order chi connectivity index (χ0) is 21.3. The summed E-state index contributed by atoms with van der Waals surface area (Å²) in [7, 11) is -3.33. The SMILES string of the molecule is Cc1cnc(Nc2ccc(NS(C)(=O)=O)cc2)nc1Nc1ccc2[nH]c(=O)[nH]c2c1. The molecule has 10 nitrogen and oxygen atoms in total. The molecule has 0 saturated carbocycles. The molecule has 0 atom stereocenters. The predicted octanol–water partition coefficient (Wildman–Crippen LogP) is 2.81. The number of hydrogen-bond acceptors (Lipinski definition) is 7. The van der Waals surface area contributed by atoms with Gasteiger partial charge in [0.1, 0.15) is 5.82 Å². The number of H-pyrrole nitrogens is 2. The smallest absolute Gasteiger partial charge is 0.323 e. The van der Waals surface area contributed by atoms with Crippen LogP contribution in [-0.2, 0) is 10.0 Å². The van der Waals surface area contributed by atoms with Crippen molar-refractivity contribution in [3.8, 4) is 0 Å². The van der Waals surface area contributed by atoms with Crippen LogP contribution in [0.2, 0.25) is 0 Å². The third-order valence-electron chi connectivity index (χ3n) is 4.19. The van der Waals surface area contributed by atoms with E-state index in [0.29, 0.717) is 28.7 Å². The van der Waals surface area contributed by atoms with Crippen LogP contribution in [0, 0.1) is 6.92 Å². The Morgan fingerprint density at radius 1 is 0.900 bits per heavy atom. The molecule has 0 amide bonds. The first-order valence-corrected chi connectivity index (χ1v) is 10.8. The van der Waals surface area contributed by atoms with E-state index in [2.05, 4.69) is 35.3 Å². The van der Waals surface area contributed by atoms with Crippen LogP contribution in [0.25, 0.3) is 11.0 Å². The lowest BCUT2D eigenvalue weighted by atomic mass is 10.2. The maximum Gasteiger partial charge on any atom is 0.323 e. The van der Waals surface area contributed by atoms with Crippen molar-refractivity contribution in [2.24, 2.45) is 0 Å². The van der Waals surface area contributed by atoms with E-state index >= 15 is 0 Å². The summed E-state index contributed by atoms with van der Waals surface area (Å²) in [6.45, 7) is 1.88. The van der Waals surface area contributed by atoms with Gasteiger partial charge in [-0.25, -0.2) is 18.2 Å². The van der Waals surface area contributed by atoms with Crippen molar-refractivity contribution in [2.45, 2.75) is 6.92 Å². The maximum absolute atomic E-state index is 11.4. The van der Waals surface area contributed by atoms with Gasteiger partial charge in [0.05, 0.1) is 17.3 Å². The van der Waals surface area contributed by atoms with E-state index in [1.807, 2.05) is 19.1 Å². The highest BCUT2D eigenvalue weighted by atomic mass is 32.2. The van der Waals surface area contributed by atoms with Crippen molar-refractivity contribution >= 4 is 49.9 Å². The summed E-state index contributed by atoms with van der Waals surface area (Å²) in [5.74, 6) is 0.989. The fourth-order valence-corrected chi connectivity index (χ4v) is 3.40. The van der Waals surface area contributed by atoms with Crippen molar-refractivity contribution in [3.05, 3.63) is 64.7 Å². The normalized spacial score (nSPS) is 11.4. The lowest BCUT2D eigenvalue weighted by molar-refractivity contribution is 0.607. The molecule has 0 bridgehead atoms. The number of rotatable bonds is 6. The molecule has 154 valence electrons. The standard InChI is InChI=1S/C19H19N7O3S/c1-11-10-20-18(22-12-3-5-13(6-4-12)26-30(2,28)29)25-17(11)21-14-7-8-15-16(9-14)24-19(27)23-15/h3-10,26H,1-2H3,(H2,23,24,27)(H2,20,21,22,25). The Labute approximate surface area is 171 Å². The molecule has 0 unspecified atom stereocenters. The number of benzene rings is 2. The largest absolute Gasteiger partial charge is 0.340 e. The van der Waals surface area contributed by atoms with Gasteiger partial charge in [0, 0.05) is 28.8 Å². The average Bonchev–Trinajstić information content (AvgIpc) is 3.04. The number of aryl methyl sites for hydroxylation is 1. The molecule has 0 aliphatic carbocycles. The van der Waals surface area contributed by atoms with Gasteiger partial charge < -0.3 is 20.6 Å². The molecule has 0 saturated heterocycles. The van der Waals surface area contributed by atoms with E-state index in [1.165, 1.54) is 0 Å². The van der Waals surface area contributed by atoms with Gasteiger partial charge >= 0.3 is 5.69 Å². The molecule has 11 heteroatoms. The molecule has 2 aromatic heterocycles. The molecule has 4 rings (SSSR count). The number of hydrogen-bond donors (Lipinski definition) is 5. The molecule has 4 aromatic rings. The molecular weight excluding hydrogens is 406 g/mol. The number of nitrogens with one attached hydrogen (secondary N) is 5. The summed E-state index contributed by atoms with van der Waals surface area (Å²) in [4.78, 5) is 25.6. The first kappa shape index (κ1) is 19.5. The third-order valence-corrected chi connectivity index (χ3v) is 4.80. The molecule has 2 heterocycles. The summed E-state index contributed by atoms with van der Waals surface area (Å²) in [5.41, 5.74) is 3.93. The lowest BCUT2D eigenvalue weighted by Crippen LogP contribution is -2.09. The Hall–Kier alpha value is -3.86. The Morgan fingerprint density at radius 3 is 2.30 bits per heavy atom. The van der Waals surface area contributed by atoms with Crippen molar-refractivity contribution in [1.82, 2.24) is 19.9 Å². The maximum atomic E-state index is 11.4. The van der Waals surface area contributed by atoms with Crippen LogP contribution in [0.1, 0.15) is 5.56 Å². The zero-order valence-corrected chi connectivity index (χ0v) is 17.0. The number of anilines is 5. The number of aromatic nitrogens is 4. The Bertz CT molecular complexity index is 1380. The Kier molecular flexibility index (Phi) is 4.88. The van der Waals surface area contributed by atoms with Crippen molar-refractivity contribution in [3.63, 3.8) is 0 Å². The number of fused-ring (bicyclic) bond motifs is 1. The first-order valence-electron chi connectivity index (χ1n) is 8.93. The first-order chi connectivity index (χ1) is 14.2. The number of nitrogens with zero attached hydrogens (tertiary/aromatic N) is 2. The fourth-order valence-electron chi connectivity index (χ4n) is 2.84. The molecule has 0 spiro atoms. The van der Waals surface area contributed by atoms with E-state index in [0.717, 1.165) is 23.0 Å². The zero-order valence-electron chi connectivity index (χ0n) is 16.1. The average molecular weight is 425 g/mol. The van der Waals surface area contributed by atoms with E-state index in [4.69, 9.17) is 0 Å². The van der Waals surface area contributed by atoms with E-state index < -0.39 is 10.0 Å². The van der Waals surface area contributed by atoms with Crippen LogP contribution in [0.5, 0.6) is 0 Å². The quantitative estimate of drug-likeness (QED) is 0.319. The second-order valence-electron chi connectivity index (χ2n) is 6.77. The third kappa shape index (κ3) is 4.58. The molecule has 0 aliphatic heterocycles. The highest BCUT2D eigenvalue weighted by molar-refractivity contribution is 7.92. The second-order valence-corrected chi connectivity index (χ2v) is 8.51. The highest BCUT2D eigenvalue weighted by Crippen LogP contribution is 2.23. The van der Waals surface area contributed by atoms with Crippen molar-refractivity contribution < 1.29 is 8.42 Å². The molecular formula is C19H19N7O3S. The summed E-state index contributed by atoms with van der Waals surface area (Å²) in [5, 5.41) is 6.32.